The average molecular weight is 240 g/mol. The molecule has 0 N–H and O–H groups in total. The Kier molecular flexibility index (Phi) is 4.24. The van der Waals surface area contributed by atoms with Crippen molar-refractivity contribution < 1.29 is 0 Å². The van der Waals surface area contributed by atoms with Crippen molar-refractivity contribution in [1.29, 1.82) is 0 Å². The third-order valence-electron chi connectivity index (χ3n) is 3.14. The Balaban J connectivity index is 2.05. The second kappa shape index (κ2) is 6.10. The molecule has 1 aliphatic heterocycles. The third kappa shape index (κ3) is 2.83. The first-order valence-corrected chi connectivity index (χ1v) is 6.30. The van der Waals surface area contributed by atoms with Gasteiger partial charge < -0.3 is 9.80 Å². The van der Waals surface area contributed by atoms with Gasteiger partial charge in [-0.3, -0.25) is 0 Å². The van der Waals surface area contributed by atoms with E-state index >= 15 is 0 Å². The van der Waals surface area contributed by atoms with E-state index in [0.717, 1.165) is 19.5 Å². The van der Waals surface area contributed by atoms with Crippen LogP contribution in [0.1, 0.15) is 12.0 Å². The van der Waals surface area contributed by atoms with Gasteiger partial charge in [0, 0.05) is 31.9 Å². The number of benzene rings is 1. The van der Waals surface area contributed by atoms with Crippen LogP contribution in [0.25, 0.3) is 0 Å². The first-order valence-electron chi connectivity index (χ1n) is 6.30. The van der Waals surface area contributed by atoms with Gasteiger partial charge in [0.2, 0.25) is 0 Å². The molecule has 0 aliphatic carbocycles. The second-order valence-corrected chi connectivity index (χ2v) is 4.45. The summed E-state index contributed by atoms with van der Waals surface area (Å²) in [6.07, 6.45) is 9.52. The second-order valence-electron chi connectivity index (χ2n) is 4.45. The minimum atomic E-state index is 0.362. The maximum atomic E-state index is 3.85. The molecule has 0 saturated carbocycles. The van der Waals surface area contributed by atoms with E-state index in [1.54, 1.807) is 0 Å². The molecule has 1 aliphatic rings. The quantitative estimate of drug-likeness (QED) is 0.703. The number of hydrogen-bond donors (Lipinski definition) is 0. The van der Waals surface area contributed by atoms with Gasteiger partial charge in [-0.05, 0) is 5.56 Å². The van der Waals surface area contributed by atoms with Gasteiger partial charge in [0.05, 0.1) is 0 Å². The zero-order valence-electron chi connectivity index (χ0n) is 10.7. The highest BCUT2D eigenvalue weighted by atomic mass is 15.4. The van der Waals surface area contributed by atoms with E-state index in [4.69, 9.17) is 0 Å². The summed E-state index contributed by atoms with van der Waals surface area (Å²) in [7, 11) is 0. The molecule has 0 fully saturated rings. The number of rotatable bonds is 6. The van der Waals surface area contributed by atoms with Crippen LogP contribution >= 0.6 is 0 Å². The molecule has 2 rings (SSSR count). The average Bonchev–Trinajstić information content (AvgIpc) is 2.75. The van der Waals surface area contributed by atoms with Crippen LogP contribution in [0.2, 0.25) is 0 Å². The lowest BCUT2D eigenvalue weighted by Crippen LogP contribution is -2.37. The molecule has 94 valence electrons. The summed E-state index contributed by atoms with van der Waals surface area (Å²) in [5, 5.41) is 0. The van der Waals surface area contributed by atoms with Gasteiger partial charge in [-0.1, -0.05) is 42.5 Å². The fourth-order valence-electron chi connectivity index (χ4n) is 2.26. The van der Waals surface area contributed by atoms with Crippen LogP contribution < -0.4 is 0 Å². The topological polar surface area (TPSA) is 6.48 Å². The van der Waals surface area contributed by atoms with E-state index in [2.05, 4.69) is 65.7 Å². The summed E-state index contributed by atoms with van der Waals surface area (Å²) in [6, 6.07) is 10.5. The molecule has 0 spiro atoms. The maximum absolute atomic E-state index is 3.85. The molecule has 0 amide bonds. The van der Waals surface area contributed by atoms with Crippen LogP contribution in [0.5, 0.6) is 0 Å². The molecule has 1 heterocycles. The largest absolute Gasteiger partial charge is 0.352 e. The zero-order valence-corrected chi connectivity index (χ0v) is 10.7. The molecule has 1 aromatic rings. The Morgan fingerprint density at radius 3 is 2.39 bits per heavy atom. The first kappa shape index (κ1) is 12.5. The van der Waals surface area contributed by atoms with Crippen LogP contribution in [0.15, 0.2) is 68.0 Å². The van der Waals surface area contributed by atoms with E-state index in [1.807, 2.05) is 12.2 Å². The molecular formula is C16H20N2. The molecule has 2 nitrogen and oxygen atoms in total. The van der Waals surface area contributed by atoms with Gasteiger partial charge in [-0.2, -0.15) is 0 Å². The Hall–Kier alpha value is -1.96. The first-order chi connectivity index (χ1) is 8.85. The van der Waals surface area contributed by atoms with Crippen molar-refractivity contribution in [2.75, 3.05) is 6.54 Å². The van der Waals surface area contributed by atoms with Crippen molar-refractivity contribution in [2.24, 2.45) is 0 Å². The summed E-state index contributed by atoms with van der Waals surface area (Å²) in [5.41, 5.74) is 1.33. The Labute approximate surface area is 110 Å². The zero-order chi connectivity index (χ0) is 12.8. The smallest absolute Gasteiger partial charge is 0.105 e. The third-order valence-corrected chi connectivity index (χ3v) is 3.14. The summed E-state index contributed by atoms with van der Waals surface area (Å²) in [4.78, 5) is 4.64. The van der Waals surface area contributed by atoms with Gasteiger partial charge in [0.1, 0.15) is 6.17 Å². The van der Waals surface area contributed by atoms with E-state index in [9.17, 15) is 0 Å². The fourth-order valence-corrected chi connectivity index (χ4v) is 2.26. The van der Waals surface area contributed by atoms with Crippen LogP contribution in [0.4, 0.5) is 0 Å². The Morgan fingerprint density at radius 1 is 1.00 bits per heavy atom. The van der Waals surface area contributed by atoms with Crippen LogP contribution in [0.3, 0.4) is 0 Å². The molecule has 0 bridgehead atoms. The predicted octanol–water partition coefficient (Wildman–Crippen LogP) is 3.36. The lowest BCUT2D eigenvalue weighted by atomic mass is 10.2. The van der Waals surface area contributed by atoms with E-state index in [-0.39, 0.29) is 0 Å². The van der Waals surface area contributed by atoms with Crippen LogP contribution in [0, 0.1) is 0 Å². The highest BCUT2D eigenvalue weighted by Crippen LogP contribution is 2.21. The maximum Gasteiger partial charge on any atom is 0.105 e. The van der Waals surface area contributed by atoms with Gasteiger partial charge in [-0.25, -0.2) is 0 Å². The van der Waals surface area contributed by atoms with Gasteiger partial charge in [0.15, 0.2) is 0 Å². The van der Waals surface area contributed by atoms with Crippen molar-refractivity contribution in [1.82, 2.24) is 9.80 Å². The molecule has 1 atom stereocenters. The van der Waals surface area contributed by atoms with Crippen molar-refractivity contribution in [3.8, 4) is 0 Å². The summed E-state index contributed by atoms with van der Waals surface area (Å²) in [6.45, 7) is 9.47. The highest BCUT2D eigenvalue weighted by molar-refractivity contribution is 5.16. The summed E-state index contributed by atoms with van der Waals surface area (Å²) < 4.78 is 0. The molecular weight excluding hydrogens is 220 g/mol. The Morgan fingerprint density at radius 2 is 1.72 bits per heavy atom. The van der Waals surface area contributed by atoms with E-state index < -0.39 is 0 Å². The normalized spacial score (nSPS) is 18.1. The van der Waals surface area contributed by atoms with Gasteiger partial charge in [0.25, 0.3) is 0 Å². The standard InChI is InChI=1S/C16H20N2/c1-3-8-16-17(11-4-2)12-13-18(16)14-15-9-6-5-7-10-15/h3-7,9-10,12-13,16H,1-2,8,11,14H2. The fraction of sp³-hybridized carbons (Fsp3) is 0.250. The van der Waals surface area contributed by atoms with Crippen molar-refractivity contribution in [3.63, 3.8) is 0 Å². The number of nitrogens with zero attached hydrogens (tertiary/aromatic N) is 2. The SMILES string of the molecule is C=CCC1N(CC=C)C=CN1Cc1ccccc1. The lowest BCUT2D eigenvalue weighted by Gasteiger charge is -2.31. The molecule has 0 aromatic heterocycles. The molecule has 1 aromatic carbocycles. The van der Waals surface area contributed by atoms with Crippen molar-refractivity contribution >= 4 is 0 Å². The monoisotopic (exact) mass is 240 g/mol. The molecule has 1 unspecified atom stereocenters. The Bertz CT molecular complexity index is 422. The van der Waals surface area contributed by atoms with E-state index in [1.165, 1.54) is 5.56 Å². The number of hydrogen-bond acceptors (Lipinski definition) is 2. The van der Waals surface area contributed by atoms with E-state index in [0.29, 0.717) is 6.17 Å². The lowest BCUT2D eigenvalue weighted by molar-refractivity contribution is 0.160. The molecule has 0 saturated heterocycles. The molecule has 18 heavy (non-hydrogen) atoms. The minimum absolute atomic E-state index is 0.362. The van der Waals surface area contributed by atoms with Gasteiger partial charge >= 0.3 is 0 Å². The summed E-state index contributed by atoms with van der Waals surface area (Å²) >= 11 is 0. The van der Waals surface area contributed by atoms with Crippen LogP contribution in [-0.2, 0) is 6.54 Å². The highest BCUT2D eigenvalue weighted by Gasteiger charge is 2.23. The molecule has 2 heteroatoms. The minimum Gasteiger partial charge on any atom is -0.352 e. The molecule has 0 radical (unpaired) electrons. The van der Waals surface area contributed by atoms with Crippen molar-refractivity contribution in [3.05, 3.63) is 73.6 Å². The van der Waals surface area contributed by atoms with Gasteiger partial charge in [-0.15, -0.1) is 13.2 Å². The summed E-state index contributed by atoms with van der Waals surface area (Å²) in [5.74, 6) is 0. The van der Waals surface area contributed by atoms with Crippen LogP contribution in [-0.4, -0.2) is 22.5 Å². The predicted molar refractivity (Wildman–Crippen MR) is 76.6 cm³/mol. The van der Waals surface area contributed by atoms with Crippen molar-refractivity contribution in [2.45, 2.75) is 19.1 Å².